The standard InChI is InChI=1S/C53H59N7O12/c54-56-55-17-5-1-2-6-22-69-43-28-44(71-24-23-70-42-16-4-3-15-40(42)59(29-45(61)62)30-46(63)64)41(60(31-47(65)66)32-48(67)68)27-37(43)49-38-25-33-11-7-18-57-20-9-13-35(50(33)57)52(38)72-53-36-14-10-21-58-19-8-12-34(51(36)58)26-39(49)53/h3-4,15-16,25-28H,1-2,5-14,17-24,29-32H2,(H3-,61,62,63,64,65,66,67,68)/p+1. The molecule has 0 saturated heterocycles. The molecular weight excluding hydrogens is 927 g/mol. The van der Waals surface area contributed by atoms with E-state index in [0.717, 1.165) is 125 Å². The Morgan fingerprint density at radius 2 is 1.28 bits per heavy atom. The van der Waals surface area contributed by atoms with Crippen molar-refractivity contribution in [2.24, 2.45) is 5.11 Å². The summed E-state index contributed by atoms with van der Waals surface area (Å²) < 4.78 is 29.2. The first kappa shape index (κ1) is 49.3. The summed E-state index contributed by atoms with van der Waals surface area (Å²) in [5, 5.41) is 45.5. The normalized spacial score (nSPS) is 14.9. The fraction of sp³-hybridized carbons (Fsp3) is 0.453. The van der Waals surface area contributed by atoms with Crippen molar-refractivity contribution in [3.05, 3.63) is 103 Å². The SMILES string of the molecule is [N-]=[N+]=NCCCCCCOc1cc(OCCOc2ccccc2N(CC(=O)O)CC(=O)O)c(N(CC(=O)O)CC(=O)O)cc1C1=c2cc3c4c(c2Oc2c1cc1c5c2CCCN5CCC1)CCC[N+]=4CCC3. The second kappa shape index (κ2) is 22.2. The Morgan fingerprint density at radius 1 is 0.653 bits per heavy atom. The molecule has 0 unspecified atom stereocenters. The zero-order chi connectivity index (χ0) is 50.3. The van der Waals surface area contributed by atoms with Crippen LogP contribution in [0.25, 0.3) is 16.0 Å². The van der Waals surface area contributed by atoms with Crippen LogP contribution in [0.5, 0.6) is 28.7 Å². The number of ether oxygens (including phenoxy) is 4. The number of carboxylic acid groups (broad SMARTS) is 4. The third-order valence-corrected chi connectivity index (χ3v) is 13.9. The van der Waals surface area contributed by atoms with Crippen LogP contribution in [0.2, 0.25) is 0 Å². The van der Waals surface area contributed by atoms with Crippen LogP contribution in [0.3, 0.4) is 0 Å². The molecule has 9 rings (SSSR count). The number of nitrogens with zero attached hydrogens (tertiary/aromatic N) is 7. The fourth-order valence-electron chi connectivity index (χ4n) is 11.1. The van der Waals surface area contributed by atoms with Crippen molar-refractivity contribution < 1.29 is 58.6 Å². The lowest BCUT2D eigenvalue weighted by Crippen LogP contribution is -2.45. The van der Waals surface area contributed by atoms with E-state index in [0.29, 0.717) is 30.9 Å². The predicted molar refractivity (Wildman–Crippen MR) is 267 cm³/mol. The second-order valence-corrected chi connectivity index (χ2v) is 18.8. The number of hydrogen-bond donors (Lipinski definition) is 4. The summed E-state index contributed by atoms with van der Waals surface area (Å²) in [6.45, 7) is 1.80. The van der Waals surface area contributed by atoms with Gasteiger partial charge in [0.1, 0.15) is 81.2 Å². The largest absolute Gasteiger partial charge is 0.493 e. The molecule has 0 saturated carbocycles. The number of para-hydroxylation sites is 2. The van der Waals surface area contributed by atoms with Gasteiger partial charge in [-0.3, -0.25) is 19.2 Å². The number of aryl methyl sites for hydroxylation is 2. The second-order valence-electron chi connectivity index (χ2n) is 18.8. The number of unbranched alkanes of at least 4 members (excludes halogenated alkanes) is 3. The maximum atomic E-state index is 12.6. The van der Waals surface area contributed by atoms with Gasteiger partial charge in [0.15, 0.2) is 0 Å². The molecule has 4 N–H and O–H groups in total. The molecule has 0 aliphatic carbocycles. The van der Waals surface area contributed by atoms with E-state index in [2.05, 4.69) is 31.6 Å². The third kappa shape index (κ3) is 10.7. The lowest BCUT2D eigenvalue weighted by molar-refractivity contribution is -0.138. The molecule has 19 nitrogen and oxygen atoms in total. The minimum atomic E-state index is -1.25. The minimum Gasteiger partial charge on any atom is -0.493 e. The Kier molecular flexibility index (Phi) is 15.2. The Hall–Kier alpha value is -7.66. The Labute approximate surface area is 415 Å². The molecule has 72 heavy (non-hydrogen) atoms. The van der Waals surface area contributed by atoms with Gasteiger partial charge in [0.2, 0.25) is 5.36 Å². The lowest BCUT2D eigenvalue weighted by Gasteiger charge is -2.39. The van der Waals surface area contributed by atoms with E-state index in [1.165, 1.54) is 43.1 Å². The van der Waals surface area contributed by atoms with Gasteiger partial charge in [-0.2, -0.15) is 0 Å². The first-order valence-electron chi connectivity index (χ1n) is 25.0. The molecule has 19 heteroatoms. The number of rotatable bonds is 24. The fourth-order valence-corrected chi connectivity index (χ4v) is 11.1. The van der Waals surface area contributed by atoms with Crippen LogP contribution < -0.4 is 48.8 Å². The van der Waals surface area contributed by atoms with Gasteiger partial charge in [-0.15, -0.1) is 0 Å². The summed E-state index contributed by atoms with van der Waals surface area (Å²) in [6.07, 6.45) is 10.5. The van der Waals surface area contributed by atoms with E-state index in [1.54, 1.807) is 36.4 Å². The molecule has 0 spiro atoms. The number of anilines is 3. The third-order valence-electron chi connectivity index (χ3n) is 13.9. The van der Waals surface area contributed by atoms with Crippen LogP contribution in [0.1, 0.15) is 84.7 Å². The minimum absolute atomic E-state index is 0.124. The quantitative estimate of drug-likeness (QED) is 0.0188. The van der Waals surface area contributed by atoms with Crippen molar-refractivity contribution >= 4 is 46.5 Å². The number of hydrogen-bond acceptors (Lipinski definition) is 12. The molecule has 5 aliphatic heterocycles. The molecule has 5 heterocycles. The number of carbonyl (C=O) groups is 4. The number of aliphatic carboxylic acids is 4. The van der Waals surface area contributed by atoms with E-state index in [9.17, 15) is 39.6 Å². The van der Waals surface area contributed by atoms with Crippen molar-refractivity contribution in [1.82, 2.24) is 4.58 Å². The molecule has 0 amide bonds. The van der Waals surface area contributed by atoms with Gasteiger partial charge < -0.3 is 54.1 Å². The van der Waals surface area contributed by atoms with Crippen molar-refractivity contribution in [1.29, 1.82) is 0 Å². The highest BCUT2D eigenvalue weighted by molar-refractivity contribution is 5.93. The molecule has 5 aliphatic rings. The van der Waals surface area contributed by atoms with Crippen molar-refractivity contribution in [3.63, 3.8) is 0 Å². The van der Waals surface area contributed by atoms with Gasteiger partial charge in [0, 0.05) is 82.2 Å². The molecule has 0 bridgehead atoms. The number of fused-ring (bicyclic) bond motifs is 4. The molecular formula is C53H60N7O12+. The van der Waals surface area contributed by atoms with E-state index >= 15 is 0 Å². The highest BCUT2D eigenvalue weighted by Crippen LogP contribution is 2.51. The van der Waals surface area contributed by atoms with Crippen molar-refractivity contribution in [2.75, 3.05) is 93.4 Å². The average molecular weight is 987 g/mol. The highest BCUT2D eigenvalue weighted by atomic mass is 16.5. The summed E-state index contributed by atoms with van der Waals surface area (Å²) in [5.74, 6) is -2.57. The smallest absolute Gasteiger partial charge is 0.323 e. The maximum absolute atomic E-state index is 12.6. The van der Waals surface area contributed by atoms with Gasteiger partial charge in [-0.05, 0) is 92.8 Å². The van der Waals surface area contributed by atoms with Gasteiger partial charge in [-0.25, -0.2) is 4.58 Å². The number of carboxylic acids is 4. The van der Waals surface area contributed by atoms with Crippen molar-refractivity contribution in [2.45, 2.75) is 77.0 Å². The first-order valence-corrected chi connectivity index (χ1v) is 25.0. The average Bonchev–Trinajstić information content (AvgIpc) is 3.35. The summed E-state index contributed by atoms with van der Waals surface area (Å²) in [7, 11) is 0. The molecule has 0 aromatic heterocycles. The summed E-state index contributed by atoms with van der Waals surface area (Å²) >= 11 is 0. The molecule has 4 aromatic carbocycles. The van der Waals surface area contributed by atoms with Crippen molar-refractivity contribution in [3.8, 4) is 28.7 Å². The highest BCUT2D eigenvalue weighted by Gasteiger charge is 2.37. The van der Waals surface area contributed by atoms with Crippen LogP contribution >= 0.6 is 0 Å². The van der Waals surface area contributed by atoms with E-state index in [4.69, 9.17) is 24.5 Å². The van der Waals surface area contributed by atoms with Gasteiger partial charge in [-0.1, -0.05) is 30.1 Å². The Balaban J connectivity index is 1.20. The molecule has 4 aromatic rings. The monoisotopic (exact) mass is 986 g/mol. The van der Waals surface area contributed by atoms with Crippen LogP contribution in [0.15, 0.2) is 53.6 Å². The van der Waals surface area contributed by atoms with Crippen LogP contribution in [-0.2, 0) is 44.9 Å². The Bertz CT molecular complexity index is 2930. The summed E-state index contributed by atoms with van der Waals surface area (Å²) in [5.41, 5.74) is 17.7. The number of benzene rings is 4. The zero-order valence-electron chi connectivity index (χ0n) is 40.3. The predicted octanol–water partition coefficient (Wildman–Crippen LogP) is 5.78. The molecule has 0 radical (unpaired) electrons. The van der Waals surface area contributed by atoms with Gasteiger partial charge in [0.05, 0.1) is 23.5 Å². The number of azide groups is 1. The zero-order valence-corrected chi connectivity index (χ0v) is 40.3. The van der Waals surface area contributed by atoms with E-state index in [-0.39, 0.29) is 36.1 Å². The van der Waals surface area contributed by atoms with Gasteiger partial charge in [0.25, 0.3) is 0 Å². The van der Waals surface area contributed by atoms with E-state index in [1.807, 2.05) is 0 Å². The topological polar surface area (TPSA) is 248 Å². The maximum Gasteiger partial charge on any atom is 0.323 e. The first-order chi connectivity index (χ1) is 35.0. The van der Waals surface area contributed by atoms with Gasteiger partial charge >= 0.3 is 23.9 Å². The van der Waals surface area contributed by atoms with Crippen LogP contribution in [0.4, 0.5) is 17.1 Å². The molecule has 0 atom stereocenters. The summed E-state index contributed by atoms with van der Waals surface area (Å²) in [4.78, 5) is 56.4. The Morgan fingerprint density at radius 3 is 2.00 bits per heavy atom. The van der Waals surface area contributed by atoms with Crippen LogP contribution in [-0.4, -0.2) is 123 Å². The summed E-state index contributed by atoms with van der Waals surface area (Å²) in [6, 6.07) is 14.5. The molecule has 0 fully saturated rings. The molecule has 378 valence electrons. The van der Waals surface area contributed by atoms with E-state index < -0.39 is 50.1 Å². The van der Waals surface area contributed by atoms with Crippen LogP contribution in [0, 0.1) is 0 Å². The lowest BCUT2D eigenvalue weighted by atomic mass is 9.82.